The molecule has 0 aliphatic carbocycles. The maximum atomic E-state index is 13.6. The average molecular weight is 429 g/mol. The van der Waals surface area contributed by atoms with E-state index in [0.29, 0.717) is 35.5 Å². The molecule has 1 aromatic heterocycles. The molecule has 8 nitrogen and oxygen atoms in total. The zero-order valence-corrected chi connectivity index (χ0v) is 17.4. The predicted molar refractivity (Wildman–Crippen MR) is 119 cm³/mol. The number of aromatic nitrogens is 1. The van der Waals surface area contributed by atoms with Crippen LogP contribution in [0, 0.1) is 23.5 Å². The highest BCUT2D eigenvalue weighted by Gasteiger charge is 2.34. The molecule has 0 radical (unpaired) electrons. The minimum absolute atomic E-state index is 0.0284. The van der Waals surface area contributed by atoms with Gasteiger partial charge < -0.3 is 25.5 Å². The van der Waals surface area contributed by atoms with Gasteiger partial charge in [0, 0.05) is 18.3 Å². The Morgan fingerprint density at radius 2 is 1.91 bits per heavy atom. The zero-order valence-electron chi connectivity index (χ0n) is 17.4. The number of fused-ring (bicyclic) bond motifs is 1. The predicted octanol–water partition coefficient (Wildman–Crippen LogP) is 3.31. The van der Waals surface area contributed by atoms with E-state index in [1.165, 1.54) is 12.1 Å². The largest absolute Gasteiger partial charge is 0.733 e. The highest BCUT2D eigenvalue weighted by Crippen LogP contribution is 2.40. The summed E-state index contributed by atoms with van der Waals surface area (Å²) in [6.45, 7) is 2.29. The van der Waals surface area contributed by atoms with Gasteiger partial charge in [-0.2, -0.15) is 5.26 Å². The van der Waals surface area contributed by atoms with Crippen LogP contribution in [0.5, 0.6) is 5.75 Å². The van der Waals surface area contributed by atoms with Crippen LogP contribution in [-0.2, 0) is 13.0 Å². The molecule has 32 heavy (non-hydrogen) atoms. The van der Waals surface area contributed by atoms with Crippen LogP contribution < -0.4 is 21.3 Å². The Bertz CT molecular complexity index is 1270. The van der Waals surface area contributed by atoms with Gasteiger partial charge in [0.05, 0.1) is 17.2 Å². The van der Waals surface area contributed by atoms with E-state index in [4.69, 9.17) is 15.7 Å². The molecule has 3 aromatic rings. The van der Waals surface area contributed by atoms with E-state index in [2.05, 4.69) is 6.07 Å². The molecule has 3 N–H and O–H groups in total. The molecule has 8 heteroatoms. The molecule has 2 heterocycles. The highest BCUT2D eigenvalue weighted by atomic mass is 16.8. The molecule has 0 amide bonds. The standard InChI is InChI=1S/C24H21N4O4/c1-15-13-20-22(24(29)27(15)12-11-16-5-3-2-4-6-16)21(19(14-25)23(26)32-20)17-7-9-18(10-8-17)28(30)31/h2-10,13,21,30H,11-12,26H2,1H3/q-1/t21-/m0/s1. The van der Waals surface area contributed by atoms with Crippen molar-refractivity contribution in [1.29, 1.82) is 5.26 Å². The third kappa shape index (κ3) is 3.83. The van der Waals surface area contributed by atoms with E-state index in [9.17, 15) is 15.3 Å². The SMILES string of the molecule is Cc1cc2c(c(=O)n1CCc1ccccc1)[C@@H](c1ccc(N([O-])O)cc1)C(C#N)=C(N)O2. The first-order chi connectivity index (χ1) is 15.4. The van der Waals surface area contributed by atoms with Crippen LogP contribution in [0.15, 0.2) is 76.9 Å². The lowest BCUT2D eigenvalue weighted by atomic mass is 9.84. The van der Waals surface area contributed by atoms with Gasteiger partial charge in [-0.3, -0.25) is 10.0 Å². The van der Waals surface area contributed by atoms with Gasteiger partial charge in [0.15, 0.2) is 0 Å². The van der Waals surface area contributed by atoms with Crippen molar-refractivity contribution in [3.63, 3.8) is 0 Å². The summed E-state index contributed by atoms with van der Waals surface area (Å²) in [5.41, 5.74) is 8.60. The highest BCUT2D eigenvalue weighted by molar-refractivity contribution is 5.57. The molecular weight excluding hydrogens is 408 g/mol. The molecule has 162 valence electrons. The third-order valence-electron chi connectivity index (χ3n) is 5.60. The third-order valence-corrected chi connectivity index (χ3v) is 5.60. The normalized spacial score (nSPS) is 15.0. The van der Waals surface area contributed by atoms with Crippen molar-refractivity contribution < 1.29 is 9.94 Å². The maximum Gasteiger partial charge on any atom is 0.258 e. The van der Waals surface area contributed by atoms with Gasteiger partial charge in [0.1, 0.15) is 17.4 Å². The van der Waals surface area contributed by atoms with Crippen LogP contribution >= 0.6 is 0 Å². The van der Waals surface area contributed by atoms with E-state index in [-0.39, 0.29) is 27.9 Å². The first-order valence-corrected chi connectivity index (χ1v) is 10.0. The van der Waals surface area contributed by atoms with Gasteiger partial charge in [-0.15, -0.1) is 0 Å². The number of nitriles is 1. The number of ether oxygens (including phenoxy) is 1. The van der Waals surface area contributed by atoms with Crippen molar-refractivity contribution in [2.45, 2.75) is 25.8 Å². The molecule has 4 rings (SSSR count). The molecule has 0 unspecified atom stereocenters. The quantitative estimate of drug-likeness (QED) is 0.596. The average Bonchev–Trinajstić information content (AvgIpc) is 2.78. The first-order valence-electron chi connectivity index (χ1n) is 10.0. The second kappa shape index (κ2) is 8.59. The second-order valence-corrected chi connectivity index (χ2v) is 7.55. The second-order valence-electron chi connectivity index (χ2n) is 7.55. The molecule has 1 aliphatic heterocycles. The number of nitrogens with two attached hydrogens (primary N) is 1. The summed E-state index contributed by atoms with van der Waals surface area (Å²) < 4.78 is 7.32. The van der Waals surface area contributed by atoms with Crippen molar-refractivity contribution in [3.05, 3.63) is 110 Å². The molecule has 0 saturated carbocycles. The lowest BCUT2D eigenvalue weighted by molar-refractivity contribution is 0.296. The van der Waals surface area contributed by atoms with E-state index in [1.807, 2.05) is 37.3 Å². The number of hydrogen-bond acceptors (Lipinski definition) is 7. The van der Waals surface area contributed by atoms with Gasteiger partial charge in [-0.1, -0.05) is 42.5 Å². The minimum atomic E-state index is -0.757. The Labute approximate surface area is 184 Å². The van der Waals surface area contributed by atoms with E-state index in [1.54, 1.807) is 22.8 Å². The fraction of sp³-hybridized carbons (Fsp3) is 0.167. The molecule has 0 spiro atoms. The minimum Gasteiger partial charge on any atom is -0.733 e. The number of aryl methyl sites for hydroxylation is 2. The van der Waals surface area contributed by atoms with Gasteiger partial charge in [-0.05, 0) is 36.6 Å². The van der Waals surface area contributed by atoms with Crippen molar-refractivity contribution in [2.75, 3.05) is 5.23 Å². The Morgan fingerprint density at radius 3 is 2.53 bits per heavy atom. The van der Waals surface area contributed by atoms with Gasteiger partial charge in [-0.25, -0.2) is 0 Å². The van der Waals surface area contributed by atoms with E-state index >= 15 is 0 Å². The summed E-state index contributed by atoms with van der Waals surface area (Å²) in [5, 5.41) is 29.8. The smallest absolute Gasteiger partial charge is 0.258 e. The van der Waals surface area contributed by atoms with Gasteiger partial charge >= 0.3 is 0 Å². The molecule has 0 bridgehead atoms. The monoisotopic (exact) mass is 429 g/mol. The number of hydrogen-bond donors (Lipinski definition) is 2. The fourth-order valence-electron chi connectivity index (χ4n) is 3.98. The summed E-state index contributed by atoms with van der Waals surface area (Å²) in [7, 11) is 0. The summed E-state index contributed by atoms with van der Waals surface area (Å²) in [5.74, 6) is -0.517. The van der Waals surface area contributed by atoms with Gasteiger partial charge in [0.2, 0.25) is 5.88 Å². The summed E-state index contributed by atoms with van der Waals surface area (Å²) in [6.07, 6.45) is 0.666. The number of benzene rings is 2. The summed E-state index contributed by atoms with van der Waals surface area (Å²) in [4.78, 5) is 13.6. The molecule has 1 aliphatic rings. The number of nitrogens with zero attached hydrogens (tertiary/aromatic N) is 3. The lowest BCUT2D eigenvalue weighted by Crippen LogP contribution is -2.33. The van der Waals surface area contributed by atoms with Crippen LogP contribution in [0.25, 0.3) is 0 Å². The lowest BCUT2D eigenvalue weighted by Gasteiger charge is -2.28. The van der Waals surface area contributed by atoms with Crippen LogP contribution in [0.3, 0.4) is 0 Å². The Balaban J connectivity index is 1.81. The molecule has 1 atom stereocenters. The molecule has 0 saturated heterocycles. The van der Waals surface area contributed by atoms with Crippen molar-refractivity contribution >= 4 is 5.69 Å². The van der Waals surface area contributed by atoms with E-state index in [0.717, 1.165) is 5.56 Å². The van der Waals surface area contributed by atoms with Crippen molar-refractivity contribution in [1.82, 2.24) is 4.57 Å². The Kier molecular flexibility index (Phi) is 5.69. The number of pyridine rings is 1. The topological polar surface area (TPSA) is 128 Å². The van der Waals surface area contributed by atoms with Gasteiger partial charge in [0.25, 0.3) is 5.56 Å². The van der Waals surface area contributed by atoms with Crippen molar-refractivity contribution in [3.8, 4) is 11.8 Å². The van der Waals surface area contributed by atoms with E-state index < -0.39 is 5.92 Å². The maximum absolute atomic E-state index is 13.6. The Hall–Kier alpha value is -4.06. The van der Waals surface area contributed by atoms with Crippen LogP contribution in [-0.4, -0.2) is 9.77 Å². The zero-order chi connectivity index (χ0) is 22.8. The number of allylic oxidation sites excluding steroid dienone is 1. The summed E-state index contributed by atoms with van der Waals surface area (Å²) >= 11 is 0. The molecular formula is C24H21N4O4-. The van der Waals surface area contributed by atoms with Crippen LogP contribution in [0.4, 0.5) is 5.69 Å². The van der Waals surface area contributed by atoms with Crippen LogP contribution in [0.2, 0.25) is 0 Å². The first kappa shape index (κ1) is 21.2. The summed E-state index contributed by atoms with van der Waals surface area (Å²) in [6, 6.07) is 19.6. The fourth-order valence-corrected chi connectivity index (χ4v) is 3.98. The van der Waals surface area contributed by atoms with Crippen molar-refractivity contribution in [2.24, 2.45) is 5.73 Å². The number of rotatable bonds is 5. The molecule has 0 fully saturated rings. The Morgan fingerprint density at radius 1 is 1.22 bits per heavy atom. The number of anilines is 1. The molecule has 2 aromatic carbocycles. The van der Waals surface area contributed by atoms with Crippen LogP contribution in [0.1, 0.15) is 28.3 Å².